The third kappa shape index (κ3) is 9.82. The molecule has 0 aliphatic rings. The molecule has 0 unspecified atom stereocenters. The molecule has 3 N–H and O–H groups in total. The smallest absolute Gasteiger partial charge is 0.412 e. The number of rotatable bonds is 12. The molecule has 0 radical (unpaired) electrons. The van der Waals surface area contributed by atoms with Crippen molar-refractivity contribution in [3.8, 4) is 16.9 Å². The average molecular weight is 672 g/mol. The summed E-state index contributed by atoms with van der Waals surface area (Å²) in [6.45, 7) is 13.4. The number of nitrogens with zero attached hydrogens (tertiary/aromatic N) is 2. The largest absolute Gasteiger partial charge is 0.493 e. The summed E-state index contributed by atoms with van der Waals surface area (Å²) < 4.78 is 17.9. The molecule has 12 nitrogen and oxygen atoms in total. The third-order valence-electron chi connectivity index (χ3n) is 7.40. The Kier molecular flexibility index (Phi) is 12.0. The molecule has 260 valence electrons. The molecule has 0 aliphatic carbocycles. The van der Waals surface area contributed by atoms with Gasteiger partial charge in [0.25, 0.3) is 5.56 Å². The van der Waals surface area contributed by atoms with Crippen LogP contribution in [0.5, 0.6) is 5.75 Å². The highest BCUT2D eigenvalue weighted by atomic mass is 16.6. The highest BCUT2D eigenvalue weighted by Gasteiger charge is 2.22. The Balaban J connectivity index is 1.69. The van der Waals surface area contributed by atoms with Gasteiger partial charge in [-0.05, 0) is 94.1 Å². The van der Waals surface area contributed by atoms with Gasteiger partial charge in [0, 0.05) is 48.4 Å². The number of aryl methyl sites for hydroxylation is 3. The zero-order valence-corrected chi connectivity index (χ0v) is 29.2. The number of fused-ring (bicyclic) bond motifs is 1. The lowest BCUT2D eigenvalue weighted by atomic mass is 10.00. The molecule has 3 amide bonds. The highest BCUT2D eigenvalue weighted by Crippen LogP contribution is 2.35. The van der Waals surface area contributed by atoms with Crippen LogP contribution in [0.15, 0.2) is 59.5 Å². The number of nitrogens with one attached hydrogen (secondary N) is 3. The van der Waals surface area contributed by atoms with Gasteiger partial charge < -0.3 is 24.8 Å². The molecule has 4 aromatic rings. The second-order valence-corrected chi connectivity index (χ2v) is 12.7. The molecule has 2 aromatic heterocycles. The quantitative estimate of drug-likeness (QED) is 0.102. The molecular weight excluding hydrogens is 626 g/mol. The van der Waals surface area contributed by atoms with E-state index in [0.717, 1.165) is 12.8 Å². The van der Waals surface area contributed by atoms with Gasteiger partial charge in [-0.1, -0.05) is 25.5 Å². The number of pyridine rings is 2. The molecule has 0 saturated carbocycles. The van der Waals surface area contributed by atoms with E-state index in [0.29, 0.717) is 70.0 Å². The van der Waals surface area contributed by atoms with Crippen molar-refractivity contribution in [3.05, 3.63) is 76.2 Å². The first-order valence-corrected chi connectivity index (χ1v) is 16.3. The van der Waals surface area contributed by atoms with E-state index < -0.39 is 17.7 Å². The van der Waals surface area contributed by atoms with Crippen LogP contribution < -0.4 is 26.2 Å². The number of unbranched alkanes of at least 4 members (excludes halogenated alkanes) is 1. The van der Waals surface area contributed by atoms with Crippen molar-refractivity contribution < 1.29 is 28.6 Å². The summed E-state index contributed by atoms with van der Waals surface area (Å²) in [5, 5.41) is 9.18. The molecule has 49 heavy (non-hydrogen) atoms. The number of amides is 3. The molecule has 0 aliphatic heterocycles. The van der Waals surface area contributed by atoms with Crippen LogP contribution in [0.1, 0.15) is 65.0 Å². The normalized spacial score (nSPS) is 11.2. The Bertz CT molecular complexity index is 1870. The third-order valence-corrected chi connectivity index (χ3v) is 7.40. The van der Waals surface area contributed by atoms with Gasteiger partial charge in [0.05, 0.1) is 13.2 Å². The Morgan fingerprint density at radius 3 is 2.29 bits per heavy atom. The summed E-state index contributed by atoms with van der Waals surface area (Å²) in [5.74, 6) is 0.201. The lowest BCUT2D eigenvalue weighted by Gasteiger charge is -2.21. The van der Waals surface area contributed by atoms with E-state index in [-0.39, 0.29) is 23.8 Å². The van der Waals surface area contributed by atoms with Crippen LogP contribution in [0.3, 0.4) is 0 Å². The van der Waals surface area contributed by atoms with Crippen LogP contribution in [-0.2, 0) is 20.8 Å². The standard InChI is InChI=1S/C37H45N5O7/c1-8-9-17-42-33-29(15-11-16-38-33)30(26-13-10-14-28(22-26)48-19-12-18-47-25(4)43)32(34(42)44)41-35(45)40-31-23(2)20-27(21-24(31)3)39-36(46)49-37(5,6)7/h10-11,13-16,20-22H,8-9,12,17-19H2,1-7H3,(H,39,46)(H2,40,41,45). The monoisotopic (exact) mass is 671 g/mol. The number of hydrogen-bond donors (Lipinski definition) is 3. The summed E-state index contributed by atoms with van der Waals surface area (Å²) in [6, 6.07) is 13.8. The molecule has 2 heterocycles. The molecule has 0 spiro atoms. The Hall–Kier alpha value is -5.39. The number of aromatic nitrogens is 2. The van der Waals surface area contributed by atoms with Crippen LogP contribution in [0.4, 0.5) is 26.7 Å². The van der Waals surface area contributed by atoms with E-state index in [9.17, 15) is 19.2 Å². The van der Waals surface area contributed by atoms with Gasteiger partial charge in [0.2, 0.25) is 0 Å². The van der Waals surface area contributed by atoms with Crippen LogP contribution >= 0.6 is 0 Å². The number of carbonyl (C=O) groups excluding carboxylic acids is 3. The number of carbonyl (C=O) groups is 3. The topological polar surface area (TPSA) is 150 Å². The van der Waals surface area contributed by atoms with E-state index in [1.165, 1.54) is 6.92 Å². The maximum atomic E-state index is 14.2. The van der Waals surface area contributed by atoms with Gasteiger partial charge in [0.15, 0.2) is 0 Å². The van der Waals surface area contributed by atoms with E-state index in [1.807, 2.05) is 39.0 Å². The van der Waals surface area contributed by atoms with E-state index in [2.05, 4.69) is 20.9 Å². The lowest BCUT2D eigenvalue weighted by molar-refractivity contribution is -0.141. The van der Waals surface area contributed by atoms with E-state index in [1.54, 1.807) is 61.9 Å². The predicted molar refractivity (Wildman–Crippen MR) is 192 cm³/mol. The van der Waals surface area contributed by atoms with Crippen LogP contribution in [0.2, 0.25) is 0 Å². The van der Waals surface area contributed by atoms with Crippen molar-refractivity contribution in [2.24, 2.45) is 0 Å². The maximum Gasteiger partial charge on any atom is 0.412 e. The average Bonchev–Trinajstić information content (AvgIpc) is 3.02. The van der Waals surface area contributed by atoms with Gasteiger partial charge in [-0.2, -0.15) is 0 Å². The molecule has 4 rings (SSSR count). The van der Waals surface area contributed by atoms with Crippen LogP contribution in [0, 0.1) is 13.8 Å². The molecule has 0 atom stereocenters. The fourth-order valence-corrected chi connectivity index (χ4v) is 5.34. The van der Waals surface area contributed by atoms with Crippen molar-refractivity contribution in [3.63, 3.8) is 0 Å². The fourth-order valence-electron chi connectivity index (χ4n) is 5.34. The molecule has 0 fully saturated rings. The molecule has 2 aromatic carbocycles. The SMILES string of the molecule is CCCCn1c(=O)c(NC(=O)Nc2c(C)cc(NC(=O)OC(C)(C)C)cc2C)c(-c2cccc(OCCCOC(C)=O)c2)c2cccnc21. The highest BCUT2D eigenvalue weighted by molar-refractivity contribution is 6.08. The second kappa shape index (κ2) is 16.1. The second-order valence-electron chi connectivity index (χ2n) is 12.7. The van der Waals surface area contributed by atoms with Gasteiger partial charge in [-0.15, -0.1) is 0 Å². The molecule has 0 saturated heterocycles. The minimum absolute atomic E-state index is 0.0969. The van der Waals surface area contributed by atoms with Crippen LogP contribution in [-0.4, -0.2) is 46.5 Å². The molecule has 12 heteroatoms. The fraction of sp³-hybridized carbons (Fsp3) is 0.378. The minimum atomic E-state index is -0.652. The van der Waals surface area contributed by atoms with Crippen molar-refractivity contribution in [2.75, 3.05) is 29.2 Å². The minimum Gasteiger partial charge on any atom is -0.493 e. The van der Waals surface area contributed by atoms with Crippen molar-refractivity contribution in [2.45, 2.75) is 79.9 Å². The number of anilines is 3. The summed E-state index contributed by atoms with van der Waals surface area (Å²) in [4.78, 5) is 55.9. The first-order valence-electron chi connectivity index (χ1n) is 16.3. The number of benzene rings is 2. The zero-order chi connectivity index (χ0) is 35.7. The van der Waals surface area contributed by atoms with Gasteiger partial charge in [-0.25, -0.2) is 14.6 Å². The van der Waals surface area contributed by atoms with Gasteiger partial charge >= 0.3 is 18.1 Å². The number of esters is 1. The number of hydrogen-bond acceptors (Lipinski definition) is 8. The predicted octanol–water partition coefficient (Wildman–Crippen LogP) is 7.80. The van der Waals surface area contributed by atoms with Crippen molar-refractivity contribution >= 4 is 46.2 Å². The Morgan fingerprint density at radius 1 is 0.898 bits per heavy atom. The van der Waals surface area contributed by atoms with Crippen LogP contribution in [0.25, 0.3) is 22.2 Å². The zero-order valence-electron chi connectivity index (χ0n) is 29.2. The summed E-state index contributed by atoms with van der Waals surface area (Å²) >= 11 is 0. The number of urea groups is 1. The Morgan fingerprint density at radius 2 is 1.61 bits per heavy atom. The first kappa shape index (κ1) is 36.4. The van der Waals surface area contributed by atoms with Gasteiger partial charge in [-0.3, -0.25) is 19.5 Å². The molecule has 0 bridgehead atoms. The molecular formula is C37H45N5O7. The van der Waals surface area contributed by atoms with E-state index >= 15 is 0 Å². The van der Waals surface area contributed by atoms with E-state index in [4.69, 9.17) is 14.2 Å². The summed E-state index contributed by atoms with van der Waals surface area (Å²) in [6.07, 6.45) is 3.17. The number of ether oxygens (including phenoxy) is 3. The maximum absolute atomic E-state index is 14.2. The summed E-state index contributed by atoms with van der Waals surface area (Å²) in [7, 11) is 0. The van der Waals surface area contributed by atoms with Crippen molar-refractivity contribution in [1.29, 1.82) is 0 Å². The van der Waals surface area contributed by atoms with Crippen molar-refractivity contribution in [1.82, 2.24) is 9.55 Å². The Labute approximate surface area is 286 Å². The summed E-state index contributed by atoms with van der Waals surface area (Å²) in [5.41, 5.74) is 3.17. The first-order chi connectivity index (χ1) is 23.3. The lowest BCUT2D eigenvalue weighted by Crippen LogP contribution is -2.30. The van der Waals surface area contributed by atoms with Gasteiger partial charge in [0.1, 0.15) is 22.7 Å².